The summed E-state index contributed by atoms with van der Waals surface area (Å²) in [5, 5.41) is 3.78. The van der Waals surface area contributed by atoms with E-state index in [9.17, 15) is 4.79 Å². The zero-order valence-corrected chi connectivity index (χ0v) is 13.9. The van der Waals surface area contributed by atoms with Crippen molar-refractivity contribution in [1.29, 1.82) is 0 Å². The van der Waals surface area contributed by atoms with E-state index in [4.69, 9.17) is 11.6 Å². The van der Waals surface area contributed by atoms with Gasteiger partial charge < -0.3 is 10.2 Å². The molecule has 0 radical (unpaired) electrons. The van der Waals surface area contributed by atoms with Crippen molar-refractivity contribution in [2.45, 2.75) is 11.8 Å². The highest BCUT2D eigenvalue weighted by Gasteiger charge is 2.22. The Morgan fingerprint density at radius 1 is 1.32 bits per heavy atom. The molecule has 0 spiro atoms. The topological polar surface area (TPSA) is 32.3 Å². The third kappa shape index (κ3) is 3.23. The lowest BCUT2D eigenvalue weighted by Crippen LogP contribution is -2.39. The predicted molar refractivity (Wildman–Crippen MR) is 94.2 cm³/mol. The molecule has 1 amide bonds. The maximum atomic E-state index is 12.5. The van der Waals surface area contributed by atoms with Crippen LogP contribution >= 0.6 is 23.4 Å². The van der Waals surface area contributed by atoms with Crippen LogP contribution in [0.25, 0.3) is 0 Å². The lowest BCUT2D eigenvalue weighted by Gasteiger charge is -2.29. The molecule has 2 aromatic rings. The number of thioether (sulfide) groups is 1. The molecule has 0 aromatic heterocycles. The van der Waals surface area contributed by atoms with Crippen molar-refractivity contribution in [2.24, 2.45) is 0 Å². The quantitative estimate of drug-likeness (QED) is 0.914. The molecule has 1 heterocycles. The van der Waals surface area contributed by atoms with Gasteiger partial charge in [-0.1, -0.05) is 29.8 Å². The van der Waals surface area contributed by atoms with E-state index in [-0.39, 0.29) is 12.5 Å². The number of benzene rings is 2. The smallest absolute Gasteiger partial charge is 0.246 e. The van der Waals surface area contributed by atoms with Gasteiger partial charge in [-0.15, -0.1) is 11.8 Å². The fourth-order valence-electron chi connectivity index (χ4n) is 2.46. The van der Waals surface area contributed by atoms with E-state index in [1.807, 2.05) is 48.2 Å². The largest absolute Gasteiger partial charge is 0.375 e. The monoisotopic (exact) mass is 332 g/mol. The molecule has 0 unspecified atom stereocenters. The minimum atomic E-state index is 0.0596. The van der Waals surface area contributed by atoms with Gasteiger partial charge in [0.05, 0.1) is 22.9 Å². The molecule has 0 aliphatic carbocycles. The number of carbonyl (C=O) groups excluding carboxylic acids is 1. The van der Waals surface area contributed by atoms with Crippen LogP contribution in [0.5, 0.6) is 0 Å². The number of carbonyl (C=O) groups is 1. The Bertz CT molecular complexity index is 705. The molecule has 1 N–H and O–H groups in total. The van der Waals surface area contributed by atoms with E-state index >= 15 is 0 Å². The summed E-state index contributed by atoms with van der Waals surface area (Å²) in [5.41, 5.74) is 2.89. The molecule has 1 aliphatic rings. The van der Waals surface area contributed by atoms with Crippen molar-refractivity contribution >= 4 is 40.6 Å². The summed E-state index contributed by atoms with van der Waals surface area (Å²) in [6, 6.07) is 13.8. The molecule has 114 valence electrons. The van der Waals surface area contributed by atoms with Crippen LogP contribution in [-0.4, -0.2) is 24.7 Å². The number of rotatable bonds is 3. The zero-order chi connectivity index (χ0) is 15.5. The van der Waals surface area contributed by atoms with Crippen LogP contribution in [0.3, 0.4) is 0 Å². The van der Waals surface area contributed by atoms with Crippen LogP contribution in [0.2, 0.25) is 5.02 Å². The van der Waals surface area contributed by atoms with E-state index in [1.54, 1.807) is 11.8 Å². The number of aryl methyl sites for hydroxylation is 1. The Balaban J connectivity index is 1.70. The SMILES string of the molecule is Cc1ccc(NCC(=O)N2CCSc3ccccc32)c(Cl)c1. The number of anilines is 2. The van der Waals surface area contributed by atoms with Crippen molar-refractivity contribution in [3.8, 4) is 0 Å². The average Bonchev–Trinajstić information content (AvgIpc) is 2.53. The van der Waals surface area contributed by atoms with Crippen LogP contribution in [-0.2, 0) is 4.79 Å². The molecule has 2 aromatic carbocycles. The summed E-state index contributed by atoms with van der Waals surface area (Å²) in [4.78, 5) is 15.5. The van der Waals surface area contributed by atoms with Crippen LogP contribution in [0.4, 0.5) is 11.4 Å². The van der Waals surface area contributed by atoms with Gasteiger partial charge in [0.25, 0.3) is 0 Å². The number of amides is 1. The number of nitrogens with one attached hydrogen (secondary N) is 1. The number of para-hydroxylation sites is 1. The van der Waals surface area contributed by atoms with E-state index in [0.717, 1.165) is 34.1 Å². The summed E-state index contributed by atoms with van der Waals surface area (Å²) in [5.74, 6) is 0.984. The number of halogens is 1. The number of nitrogens with zero attached hydrogens (tertiary/aromatic N) is 1. The first kappa shape index (κ1) is 15.3. The zero-order valence-electron chi connectivity index (χ0n) is 12.3. The van der Waals surface area contributed by atoms with Gasteiger partial charge in [-0.3, -0.25) is 4.79 Å². The standard InChI is InChI=1S/C17H17ClN2OS/c1-12-6-7-14(13(18)10-12)19-11-17(21)20-8-9-22-16-5-3-2-4-15(16)20/h2-7,10,19H,8-9,11H2,1H3. The van der Waals surface area contributed by atoms with Gasteiger partial charge in [-0.2, -0.15) is 0 Å². The summed E-state index contributed by atoms with van der Waals surface area (Å²) in [6.07, 6.45) is 0. The first-order chi connectivity index (χ1) is 10.6. The molecule has 5 heteroatoms. The van der Waals surface area contributed by atoms with E-state index in [2.05, 4.69) is 11.4 Å². The van der Waals surface area contributed by atoms with Crippen LogP contribution in [0, 0.1) is 6.92 Å². The Kier molecular flexibility index (Phi) is 4.60. The van der Waals surface area contributed by atoms with Crippen molar-refractivity contribution in [2.75, 3.05) is 29.1 Å². The third-order valence-electron chi connectivity index (χ3n) is 3.58. The second kappa shape index (κ2) is 6.63. The number of fused-ring (bicyclic) bond motifs is 1. The fourth-order valence-corrected chi connectivity index (χ4v) is 3.75. The van der Waals surface area contributed by atoms with E-state index in [0.29, 0.717) is 5.02 Å². The molecular formula is C17H17ClN2OS. The summed E-state index contributed by atoms with van der Waals surface area (Å²) < 4.78 is 0. The second-order valence-corrected chi connectivity index (χ2v) is 6.74. The molecule has 0 atom stereocenters. The van der Waals surface area contributed by atoms with Gasteiger partial charge in [0.1, 0.15) is 0 Å². The molecule has 0 bridgehead atoms. The highest BCUT2D eigenvalue weighted by atomic mass is 35.5. The minimum absolute atomic E-state index is 0.0596. The predicted octanol–water partition coefficient (Wildman–Crippen LogP) is 4.20. The highest BCUT2D eigenvalue weighted by Crippen LogP contribution is 2.34. The average molecular weight is 333 g/mol. The molecule has 0 fully saturated rings. The summed E-state index contributed by atoms with van der Waals surface area (Å²) in [7, 11) is 0. The van der Waals surface area contributed by atoms with E-state index < -0.39 is 0 Å². The van der Waals surface area contributed by atoms with E-state index in [1.165, 1.54) is 0 Å². The molecule has 3 rings (SSSR count). The minimum Gasteiger partial charge on any atom is -0.375 e. The lowest BCUT2D eigenvalue weighted by molar-refractivity contribution is -0.117. The normalized spacial score (nSPS) is 13.6. The van der Waals surface area contributed by atoms with Gasteiger partial charge in [0.15, 0.2) is 0 Å². The van der Waals surface area contributed by atoms with Crippen LogP contribution in [0.15, 0.2) is 47.4 Å². The molecule has 0 saturated heterocycles. The number of hydrogen-bond donors (Lipinski definition) is 1. The van der Waals surface area contributed by atoms with Crippen molar-refractivity contribution in [1.82, 2.24) is 0 Å². The van der Waals surface area contributed by atoms with Gasteiger partial charge in [0, 0.05) is 17.2 Å². The van der Waals surface area contributed by atoms with Crippen LogP contribution in [0.1, 0.15) is 5.56 Å². The first-order valence-electron chi connectivity index (χ1n) is 7.17. The van der Waals surface area contributed by atoms with Crippen molar-refractivity contribution in [3.05, 3.63) is 53.1 Å². The molecule has 3 nitrogen and oxygen atoms in total. The Morgan fingerprint density at radius 2 is 2.14 bits per heavy atom. The summed E-state index contributed by atoms with van der Waals surface area (Å²) >= 11 is 7.98. The van der Waals surface area contributed by atoms with Gasteiger partial charge in [-0.05, 0) is 36.8 Å². The van der Waals surface area contributed by atoms with Gasteiger partial charge in [0.2, 0.25) is 5.91 Å². The molecule has 0 saturated carbocycles. The maximum absolute atomic E-state index is 12.5. The number of hydrogen-bond acceptors (Lipinski definition) is 3. The molecular weight excluding hydrogens is 316 g/mol. The molecule has 22 heavy (non-hydrogen) atoms. The van der Waals surface area contributed by atoms with Crippen molar-refractivity contribution in [3.63, 3.8) is 0 Å². The van der Waals surface area contributed by atoms with Crippen LogP contribution < -0.4 is 10.2 Å². The first-order valence-corrected chi connectivity index (χ1v) is 8.54. The Labute approximate surface area is 139 Å². The summed E-state index contributed by atoms with van der Waals surface area (Å²) in [6.45, 7) is 2.97. The Hall–Kier alpha value is -1.65. The lowest BCUT2D eigenvalue weighted by atomic mass is 10.2. The highest BCUT2D eigenvalue weighted by molar-refractivity contribution is 7.99. The fraction of sp³-hybridized carbons (Fsp3) is 0.235. The van der Waals surface area contributed by atoms with Crippen molar-refractivity contribution < 1.29 is 4.79 Å². The van der Waals surface area contributed by atoms with Gasteiger partial charge >= 0.3 is 0 Å². The Morgan fingerprint density at radius 3 is 2.95 bits per heavy atom. The second-order valence-electron chi connectivity index (χ2n) is 5.20. The molecule has 1 aliphatic heterocycles. The van der Waals surface area contributed by atoms with Gasteiger partial charge in [-0.25, -0.2) is 0 Å². The third-order valence-corrected chi connectivity index (χ3v) is 4.94. The maximum Gasteiger partial charge on any atom is 0.246 e.